The Kier molecular flexibility index (Phi) is 8.22. The number of anilines is 2. The van der Waals surface area contributed by atoms with Crippen LogP contribution in [0, 0.1) is 0 Å². The highest BCUT2D eigenvalue weighted by molar-refractivity contribution is 6.05. The molecule has 2 N–H and O–H groups in total. The van der Waals surface area contributed by atoms with Gasteiger partial charge in [-0.25, -0.2) is 0 Å². The summed E-state index contributed by atoms with van der Waals surface area (Å²) in [6.07, 6.45) is 0. The summed E-state index contributed by atoms with van der Waals surface area (Å²) in [7, 11) is 2.93. The minimum absolute atomic E-state index is 0.0855. The topological polar surface area (TPSA) is 95.1 Å². The van der Waals surface area contributed by atoms with E-state index in [1.54, 1.807) is 37.4 Å². The summed E-state index contributed by atoms with van der Waals surface area (Å²) in [4.78, 5) is 24.8. The number of carbonyl (C=O) groups is 2. The van der Waals surface area contributed by atoms with E-state index >= 15 is 0 Å². The first-order valence-electron chi connectivity index (χ1n) is 9.99. The molecule has 3 aromatic carbocycles. The van der Waals surface area contributed by atoms with Crippen LogP contribution in [0.3, 0.4) is 0 Å². The van der Waals surface area contributed by atoms with Crippen molar-refractivity contribution in [2.75, 3.05) is 31.5 Å². The molecule has 8 nitrogen and oxygen atoms in total. The van der Waals surface area contributed by atoms with Gasteiger partial charge in [0.1, 0.15) is 11.5 Å². The van der Waals surface area contributed by atoms with Gasteiger partial charge in [0.15, 0.2) is 18.1 Å². The maximum Gasteiger partial charge on any atom is 0.387 e. The van der Waals surface area contributed by atoms with Crippen LogP contribution in [0.25, 0.3) is 0 Å². The zero-order valence-electron chi connectivity index (χ0n) is 18.3. The number of hydrogen-bond donors (Lipinski definition) is 2. The predicted molar refractivity (Wildman–Crippen MR) is 121 cm³/mol. The van der Waals surface area contributed by atoms with E-state index < -0.39 is 18.4 Å². The maximum atomic E-state index is 12.6. The number of para-hydroxylation sites is 2. The lowest BCUT2D eigenvalue weighted by Gasteiger charge is -2.14. The zero-order valence-corrected chi connectivity index (χ0v) is 18.3. The van der Waals surface area contributed by atoms with Gasteiger partial charge in [0.2, 0.25) is 0 Å². The van der Waals surface area contributed by atoms with Crippen molar-refractivity contribution < 1.29 is 37.3 Å². The SMILES string of the molecule is COc1ccc(NC(=O)COc2ccc(C(=O)Nc3ccccc3OC(F)F)cc2OC)cc1. The molecule has 0 saturated heterocycles. The lowest BCUT2D eigenvalue weighted by molar-refractivity contribution is -0.118. The molecule has 2 amide bonds. The van der Waals surface area contributed by atoms with Crippen LogP contribution < -0.4 is 29.6 Å². The highest BCUT2D eigenvalue weighted by Gasteiger charge is 2.16. The minimum atomic E-state index is -3.03. The predicted octanol–water partition coefficient (Wildman–Crippen LogP) is 4.58. The summed E-state index contributed by atoms with van der Waals surface area (Å²) in [5.41, 5.74) is 0.838. The molecule has 0 aliphatic carbocycles. The van der Waals surface area contributed by atoms with Crippen molar-refractivity contribution in [3.05, 3.63) is 72.3 Å². The quantitative estimate of drug-likeness (QED) is 0.449. The van der Waals surface area contributed by atoms with Gasteiger partial charge in [-0.3, -0.25) is 9.59 Å². The molecule has 178 valence electrons. The number of amides is 2. The Hall–Kier alpha value is -4.34. The molecule has 0 bridgehead atoms. The zero-order chi connectivity index (χ0) is 24.5. The number of halogens is 2. The Morgan fingerprint density at radius 2 is 1.59 bits per heavy atom. The molecule has 0 radical (unpaired) electrons. The fourth-order valence-corrected chi connectivity index (χ4v) is 2.91. The summed E-state index contributed by atoms with van der Waals surface area (Å²) in [5, 5.41) is 5.21. The molecule has 0 heterocycles. The number of benzene rings is 3. The van der Waals surface area contributed by atoms with Gasteiger partial charge in [-0.15, -0.1) is 0 Å². The Bertz CT molecular complexity index is 1140. The number of hydrogen-bond acceptors (Lipinski definition) is 6. The summed E-state index contributed by atoms with van der Waals surface area (Å²) in [5.74, 6) is -0.0294. The third-order valence-corrected chi connectivity index (χ3v) is 4.51. The van der Waals surface area contributed by atoms with E-state index in [1.165, 1.54) is 43.5 Å². The van der Waals surface area contributed by atoms with E-state index in [-0.39, 0.29) is 35.1 Å². The second-order valence-electron chi connectivity index (χ2n) is 6.76. The van der Waals surface area contributed by atoms with Crippen LogP contribution in [0.5, 0.6) is 23.0 Å². The summed E-state index contributed by atoms with van der Waals surface area (Å²) < 4.78 is 45.5. The largest absolute Gasteiger partial charge is 0.497 e. The van der Waals surface area contributed by atoms with Crippen molar-refractivity contribution >= 4 is 23.2 Å². The molecule has 3 aromatic rings. The van der Waals surface area contributed by atoms with Crippen LogP contribution in [0.2, 0.25) is 0 Å². The van der Waals surface area contributed by atoms with Crippen LogP contribution in [0.4, 0.5) is 20.2 Å². The molecule has 0 fully saturated rings. The maximum absolute atomic E-state index is 12.6. The van der Waals surface area contributed by atoms with E-state index in [1.807, 2.05) is 0 Å². The Balaban J connectivity index is 1.63. The molecule has 0 aliphatic rings. The fourth-order valence-electron chi connectivity index (χ4n) is 2.91. The number of carbonyl (C=O) groups excluding carboxylic acids is 2. The number of rotatable bonds is 10. The van der Waals surface area contributed by atoms with Gasteiger partial charge >= 0.3 is 6.61 Å². The van der Waals surface area contributed by atoms with Gasteiger partial charge in [0.05, 0.1) is 19.9 Å². The van der Waals surface area contributed by atoms with Gasteiger partial charge in [-0.1, -0.05) is 12.1 Å². The van der Waals surface area contributed by atoms with E-state index in [0.717, 1.165) is 0 Å². The fraction of sp³-hybridized carbons (Fsp3) is 0.167. The van der Waals surface area contributed by atoms with Crippen LogP contribution in [0.1, 0.15) is 10.4 Å². The van der Waals surface area contributed by atoms with Gasteiger partial charge in [-0.2, -0.15) is 8.78 Å². The first-order valence-corrected chi connectivity index (χ1v) is 9.99. The molecule has 0 spiro atoms. The van der Waals surface area contributed by atoms with Crippen LogP contribution >= 0.6 is 0 Å². The van der Waals surface area contributed by atoms with Crippen LogP contribution in [-0.2, 0) is 4.79 Å². The van der Waals surface area contributed by atoms with Crippen molar-refractivity contribution in [1.82, 2.24) is 0 Å². The number of ether oxygens (including phenoxy) is 4. The average molecular weight is 472 g/mol. The highest BCUT2D eigenvalue weighted by atomic mass is 19.3. The normalized spacial score (nSPS) is 10.4. The second-order valence-corrected chi connectivity index (χ2v) is 6.76. The first kappa shape index (κ1) is 24.3. The Labute approximate surface area is 194 Å². The van der Waals surface area contributed by atoms with Gasteiger partial charge in [0.25, 0.3) is 11.8 Å². The monoisotopic (exact) mass is 472 g/mol. The average Bonchev–Trinajstić information content (AvgIpc) is 2.84. The third kappa shape index (κ3) is 6.58. The Morgan fingerprint density at radius 1 is 0.853 bits per heavy atom. The lowest BCUT2D eigenvalue weighted by atomic mass is 10.1. The molecule has 34 heavy (non-hydrogen) atoms. The molecule has 3 rings (SSSR count). The smallest absolute Gasteiger partial charge is 0.387 e. The van der Waals surface area contributed by atoms with E-state index in [2.05, 4.69) is 15.4 Å². The molecular formula is C24H22F2N2O6. The molecule has 0 aliphatic heterocycles. The standard InChI is InChI=1S/C24H22F2N2O6/c1-31-17-10-8-16(9-11-17)27-22(29)14-33-20-12-7-15(13-21(20)32-2)23(30)28-18-5-3-4-6-19(18)34-24(25)26/h3-13,24H,14H2,1-2H3,(H,27,29)(H,28,30). The molecule has 0 aromatic heterocycles. The number of nitrogens with one attached hydrogen (secondary N) is 2. The van der Waals surface area contributed by atoms with Gasteiger partial charge in [-0.05, 0) is 54.6 Å². The summed E-state index contributed by atoms with van der Waals surface area (Å²) in [6.45, 7) is -3.33. The van der Waals surface area contributed by atoms with Crippen LogP contribution in [-0.4, -0.2) is 39.3 Å². The lowest BCUT2D eigenvalue weighted by Crippen LogP contribution is -2.20. The van der Waals surface area contributed by atoms with E-state index in [9.17, 15) is 18.4 Å². The molecule has 0 unspecified atom stereocenters. The third-order valence-electron chi connectivity index (χ3n) is 4.51. The van der Waals surface area contributed by atoms with E-state index in [4.69, 9.17) is 14.2 Å². The highest BCUT2D eigenvalue weighted by Crippen LogP contribution is 2.30. The molecule has 0 saturated carbocycles. The number of alkyl halides is 2. The van der Waals surface area contributed by atoms with Gasteiger partial charge < -0.3 is 29.6 Å². The van der Waals surface area contributed by atoms with Gasteiger partial charge in [0, 0.05) is 11.3 Å². The van der Waals surface area contributed by atoms with Crippen molar-refractivity contribution in [3.8, 4) is 23.0 Å². The molecule has 0 atom stereocenters. The Morgan fingerprint density at radius 3 is 2.26 bits per heavy atom. The van der Waals surface area contributed by atoms with Crippen molar-refractivity contribution in [3.63, 3.8) is 0 Å². The summed E-state index contributed by atoms with van der Waals surface area (Å²) >= 11 is 0. The van der Waals surface area contributed by atoms with Crippen LogP contribution in [0.15, 0.2) is 66.7 Å². The first-order chi connectivity index (χ1) is 16.4. The van der Waals surface area contributed by atoms with E-state index in [0.29, 0.717) is 11.4 Å². The van der Waals surface area contributed by atoms with Crippen molar-refractivity contribution in [1.29, 1.82) is 0 Å². The minimum Gasteiger partial charge on any atom is -0.497 e. The molecular weight excluding hydrogens is 450 g/mol. The van der Waals surface area contributed by atoms with Crippen molar-refractivity contribution in [2.45, 2.75) is 6.61 Å². The summed E-state index contributed by atoms with van der Waals surface area (Å²) in [6, 6.07) is 17.0. The molecule has 10 heteroatoms. The van der Waals surface area contributed by atoms with Crippen molar-refractivity contribution in [2.24, 2.45) is 0 Å². The number of methoxy groups -OCH3 is 2. The second kappa shape index (κ2) is 11.5.